The summed E-state index contributed by atoms with van der Waals surface area (Å²) < 4.78 is 9.73. The van der Waals surface area contributed by atoms with Gasteiger partial charge in [0.15, 0.2) is 6.29 Å². The maximum absolute atomic E-state index is 10.1. The number of methoxy groups -OCH3 is 2. The molecule has 0 spiro atoms. The van der Waals surface area contributed by atoms with E-state index in [0.29, 0.717) is 6.29 Å². The largest absolute Gasteiger partial charge is 0.383 e. The second-order valence-electron chi connectivity index (χ2n) is 2.27. The molecule has 11 heavy (non-hydrogen) atoms. The third-order valence-electron chi connectivity index (χ3n) is 1.58. The van der Waals surface area contributed by atoms with Gasteiger partial charge in [0.05, 0.1) is 6.10 Å². The minimum Gasteiger partial charge on any atom is -0.383 e. The van der Waals surface area contributed by atoms with Crippen LogP contribution in [0.25, 0.3) is 0 Å². The molecule has 1 N–H and O–H groups in total. The predicted molar refractivity (Wildman–Crippen MR) is 39.3 cm³/mol. The van der Waals surface area contributed by atoms with Gasteiger partial charge >= 0.3 is 0 Å². The van der Waals surface area contributed by atoms with Gasteiger partial charge in [0.2, 0.25) is 0 Å². The van der Waals surface area contributed by atoms with Gasteiger partial charge in [-0.1, -0.05) is 0 Å². The molecule has 0 aliphatic carbocycles. The summed E-state index contributed by atoms with van der Waals surface area (Å²) in [7, 11) is 2.92. The molecule has 0 rings (SSSR count). The zero-order chi connectivity index (χ0) is 8.85. The van der Waals surface area contributed by atoms with E-state index < -0.39 is 12.2 Å². The predicted octanol–water partition coefficient (Wildman–Crippen LogP) is -0.404. The molecular weight excluding hydrogens is 148 g/mol. The number of carbonyl (C=O) groups is 1. The van der Waals surface area contributed by atoms with Crippen LogP contribution in [-0.2, 0) is 14.3 Å². The van der Waals surface area contributed by atoms with Crippen molar-refractivity contribution in [2.75, 3.05) is 14.2 Å². The SMILES string of the molecule is CO[C@@H]([C@H](C)OC)[C@@H](O)C=O. The van der Waals surface area contributed by atoms with E-state index in [1.165, 1.54) is 14.2 Å². The van der Waals surface area contributed by atoms with Crippen LogP contribution in [0.2, 0.25) is 0 Å². The first-order valence-corrected chi connectivity index (χ1v) is 3.36. The monoisotopic (exact) mass is 162 g/mol. The lowest BCUT2D eigenvalue weighted by Crippen LogP contribution is -2.39. The first-order chi connectivity index (χ1) is 5.17. The zero-order valence-electron chi connectivity index (χ0n) is 6.98. The van der Waals surface area contributed by atoms with E-state index in [-0.39, 0.29) is 6.10 Å². The number of aldehydes is 1. The summed E-state index contributed by atoms with van der Waals surface area (Å²) in [5.74, 6) is 0. The Morgan fingerprint density at radius 3 is 2.18 bits per heavy atom. The van der Waals surface area contributed by atoms with Gasteiger partial charge in [-0.3, -0.25) is 0 Å². The van der Waals surface area contributed by atoms with Crippen molar-refractivity contribution in [3.05, 3.63) is 0 Å². The second-order valence-corrected chi connectivity index (χ2v) is 2.27. The van der Waals surface area contributed by atoms with Crippen molar-refractivity contribution in [3.63, 3.8) is 0 Å². The smallest absolute Gasteiger partial charge is 0.151 e. The van der Waals surface area contributed by atoms with Crippen LogP contribution in [0.3, 0.4) is 0 Å². The summed E-state index contributed by atoms with van der Waals surface area (Å²) in [6, 6.07) is 0. The summed E-state index contributed by atoms with van der Waals surface area (Å²) in [5.41, 5.74) is 0. The number of rotatable bonds is 5. The summed E-state index contributed by atoms with van der Waals surface area (Å²) >= 11 is 0. The lowest BCUT2D eigenvalue weighted by molar-refractivity contribution is -0.130. The molecule has 3 atom stereocenters. The highest BCUT2D eigenvalue weighted by atomic mass is 16.5. The highest BCUT2D eigenvalue weighted by Crippen LogP contribution is 2.05. The fourth-order valence-corrected chi connectivity index (χ4v) is 0.820. The number of aliphatic hydroxyl groups is 1. The van der Waals surface area contributed by atoms with Crippen molar-refractivity contribution in [1.82, 2.24) is 0 Å². The topological polar surface area (TPSA) is 55.8 Å². The fourth-order valence-electron chi connectivity index (χ4n) is 0.820. The van der Waals surface area contributed by atoms with Crippen molar-refractivity contribution >= 4 is 6.29 Å². The fraction of sp³-hybridized carbons (Fsp3) is 0.857. The van der Waals surface area contributed by atoms with Crippen LogP contribution in [0, 0.1) is 0 Å². The van der Waals surface area contributed by atoms with Crippen LogP contribution in [0.4, 0.5) is 0 Å². The molecule has 0 bridgehead atoms. The molecule has 0 aromatic heterocycles. The molecule has 0 unspecified atom stereocenters. The Bertz CT molecular complexity index is 115. The van der Waals surface area contributed by atoms with Gasteiger partial charge in [0, 0.05) is 14.2 Å². The molecule has 0 heterocycles. The Kier molecular flexibility index (Phi) is 5.02. The van der Waals surface area contributed by atoms with Gasteiger partial charge in [-0.15, -0.1) is 0 Å². The molecule has 0 aromatic carbocycles. The summed E-state index contributed by atoms with van der Waals surface area (Å²) in [6.07, 6.45) is -1.56. The lowest BCUT2D eigenvalue weighted by Gasteiger charge is -2.22. The summed E-state index contributed by atoms with van der Waals surface area (Å²) in [5, 5.41) is 9.05. The van der Waals surface area contributed by atoms with Crippen LogP contribution in [0.15, 0.2) is 0 Å². The minimum absolute atomic E-state index is 0.291. The molecule has 0 saturated heterocycles. The van der Waals surface area contributed by atoms with Gasteiger partial charge in [0.25, 0.3) is 0 Å². The number of aliphatic hydroxyl groups excluding tert-OH is 1. The first kappa shape index (κ1) is 10.6. The summed E-state index contributed by atoms with van der Waals surface area (Å²) in [4.78, 5) is 10.1. The van der Waals surface area contributed by atoms with Crippen LogP contribution >= 0.6 is 0 Å². The maximum Gasteiger partial charge on any atom is 0.151 e. The van der Waals surface area contributed by atoms with E-state index in [1.807, 2.05) is 0 Å². The number of ether oxygens (including phenoxy) is 2. The minimum atomic E-state index is -1.12. The molecule has 4 heteroatoms. The number of hydrogen-bond acceptors (Lipinski definition) is 4. The van der Waals surface area contributed by atoms with Gasteiger partial charge in [-0.05, 0) is 6.92 Å². The highest BCUT2D eigenvalue weighted by molar-refractivity contribution is 5.56. The molecular formula is C7H14O4. The molecule has 0 aliphatic rings. The van der Waals surface area contributed by atoms with E-state index in [0.717, 1.165) is 0 Å². The third kappa shape index (κ3) is 2.96. The van der Waals surface area contributed by atoms with E-state index in [9.17, 15) is 4.79 Å². The van der Waals surface area contributed by atoms with E-state index >= 15 is 0 Å². The zero-order valence-corrected chi connectivity index (χ0v) is 6.98. The Labute approximate surface area is 66.1 Å². The highest BCUT2D eigenvalue weighted by Gasteiger charge is 2.24. The molecule has 4 nitrogen and oxygen atoms in total. The normalized spacial score (nSPS) is 18.9. The summed E-state index contributed by atoms with van der Waals surface area (Å²) in [6.45, 7) is 1.72. The van der Waals surface area contributed by atoms with Crippen LogP contribution < -0.4 is 0 Å². The van der Waals surface area contributed by atoms with Crippen molar-refractivity contribution in [1.29, 1.82) is 0 Å². The number of carbonyl (C=O) groups excluding carboxylic acids is 1. The van der Waals surface area contributed by atoms with Crippen molar-refractivity contribution in [2.24, 2.45) is 0 Å². The molecule has 0 aromatic rings. The second kappa shape index (κ2) is 5.23. The molecule has 0 amide bonds. The molecule has 0 saturated carbocycles. The average molecular weight is 162 g/mol. The van der Waals surface area contributed by atoms with Gasteiger partial charge in [0.1, 0.15) is 12.2 Å². The van der Waals surface area contributed by atoms with Crippen LogP contribution in [0.1, 0.15) is 6.92 Å². The van der Waals surface area contributed by atoms with Crippen molar-refractivity contribution < 1.29 is 19.4 Å². The quantitative estimate of drug-likeness (QED) is 0.559. The van der Waals surface area contributed by atoms with Gasteiger partial charge in [-0.25, -0.2) is 0 Å². The van der Waals surface area contributed by atoms with Crippen molar-refractivity contribution in [3.8, 4) is 0 Å². The standard InChI is InChI=1S/C7H14O4/c1-5(10-2)7(11-3)6(9)4-8/h4-7,9H,1-3H3/t5-,6-,7-/m0/s1. The van der Waals surface area contributed by atoms with Crippen LogP contribution in [-0.4, -0.2) is 43.9 Å². The van der Waals surface area contributed by atoms with E-state index in [1.54, 1.807) is 6.92 Å². The molecule has 0 aliphatic heterocycles. The molecule has 0 radical (unpaired) electrons. The Morgan fingerprint density at radius 2 is 1.91 bits per heavy atom. The maximum atomic E-state index is 10.1. The Morgan fingerprint density at radius 1 is 1.36 bits per heavy atom. The third-order valence-corrected chi connectivity index (χ3v) is 1.58. The lowest BCUT2D eigenvalue weighted by atomic mass is 10.1. The van der Waals surface area contributed by atoms with Gasteiger partial charge in [-0.2, -0.15) is 0 Å². The van der Waals surface area contributed by atoms with Crippen LogP contribution in [0.5, 0.6) is 0 Å². The molecule has 0 fully saturated rings. The van der Waals surface area contributed by atoms with Gasteiger partial charge < -0.3 is 19.4 Å². The Balaban J connectivity index is 4.02. The Hall–Kier alpha value is -0.450. The number of hydrogen-bond donors (Lipinski definition) is 1. The van der Waals surface area contributed by atoms with E-state index in [4.69, 9.17) is 14.6 Å². The first-order valence-electron chi connectivity index (χ1n) is 3.36. The van der Waals surface area contributed by atoms with Crippen molar-refractivity contribution in [2.45, 2.75) is 25.2 Å². The average Bonchev–Trinajstić information content (AvgIpc) is 2.05. The van der Waals surface area contributed by atoms with E-state index in [2.05, 4.69) is 0 Å². The molecule has 66 valence electrons.